The maximum Gasteiger partial charge on any atom is 0.0515 e. The Bertz CT molecular complexity index is 54.1. The van der Waals surface area contributed by atoms with E-state index in [-0.39, 0.29) is 7.43 Å². The molecule has 1 nitrogen and oxygen atoms in total. The third kappa shape index (κ3) is 374. The number of rotatable bonds is 1. The van der Waals surface area contributed by atoms with Crippen molar-refractivity contribution in [1.29, 1.82) is 0 Å². The summed E-state index contributed by atoms with van der Waals surface area (Å²) >= 11 is 0. The van der Waals surface area contributed by atoms with E-state index >= 15 is 0 Å². The van der Waals surface area contributed by atoms with Crippen molar-refractivity contribution in [2.24, 2.45) is 11.8 Å². The molecule has 0 aromatic rings. The van der Waals surface area contributed by atoms with Gasteiger partial charge in [-0.2, -0.15) is 0 Å². The Morgan fingerprint density at radius 1 is 0.643 bits per heavy atom. The van der Waals surface area contributed by atoms with Crippen molar-refractivity contribution in [3.05, 3.63) is 0 Å². The van der Waals surface area contributed by atoms with Crippen molar-refractivity contribution < 1.29 is 4.74 Å². The molecule has 92 valence electrons. The fraction of sp³-hybridized carbons (Fsp3) is 1.00. The molecule has 0 aliphatic carbocycles. The van der Waals surface area contributed by atoms with Crippen LogP contribution in [0.2, 0.25) is 0 Å². The molecule has 0 N–H and O–H groups in total. The van der Waals surface area contributed by atoms with Crippen LogP contribution in [0.15, 0.2) is 0 Å². The molecule has 0 unspecified atom stereocenters. The Labute approximate surface area is 93.2 Å². The van der Waals surface area contributed by atoms with E-state index in [2.05, 4.69) is 41.5 Å². The standard InChI is InChI=1S/C4H10O.2C4H10.CH4/c1-4(2)5-3;2*1-4(2)3;/h4H,1-3H3;2*4H,1-3H3;1H4. The van der Waals surface area contributed by atoms with Gasteiger partial charge >= 0.3 is 0 Å². The molecule has 0 fully saturated rings. The Balaban J connectivity index is -0.0000000522. The molecule has 0 aromatic carbocycles. The largest absolute Gasteiger partial charge is 0.382 e. The predicted molar refractivity (Wildman–Crippen MR) is 69.9 cm³/mol. The third-order valence-electron chi connectivity index (χ3n) is 0.471. The lowest BCUT2D eigenvalue weighted by atomic mass is 10.3. The van der Waals surface area contributed by atoms with E-state index < -0.39 is 0 Å². The van der Waals surface area contributed by atoms with Crippen LogP contribution in [0, 0.1) is 11.8 Å². The van der Waals surface area contributed by atoms with Crippen molar-refractivity contribution in [2.75, 3.05) is 7.11 Å². The summed E-state index contributed by atoms with van der Waals surface area (Å²) in [6, 6.07) is 0. The summed E-state index contributed by atoms with van der Waals surface area (Å²) in [6.07, 6.45) is 0.384. The summed E-state index contributed by atoms with van der Waals surface area (Å²) in [5.74, 6) is 1.67. The molecule has 0 amide bonds. The molecular weight excluding hydrogens is 172 g/mol. The SMILES string of the molecule is C.CC(C)C.CC(C)C.COC(C)C. The Kier molecular flexibility index (Phi) is 31.5. The highest BCUT2D eigenvalue weighted by Crippen LogP contribution is 1.81. The zero-order valence-electron chi connectivity index (χ0n) is 11.1. The summed E-state index contributed by atoms with van der Waals surface area (Å²) in [7, 11) is 1.70. The number of hydrogen-bond donors (Lipinski definition) is 0. The summed E-state index contributed by atoms with van der Waals surface area (Å²) in [6.45, 7) is 17.0. The van der Waals surface area contributed by atoms with Crippen LogP contribution in [-0.2, 0) is 4.74 Å². The first-order valence-corrected chi connectivity index (χ1v) is 5.26. The van der Waals surface area contributed by atoms with E-state index in [4.69, 9.17) is 4.74 Å². The quantitative estimate of drug-likeness (QED) is 0.586. The third-order valence-corrected chi connectivity index (χ3v) is 0.471. The molecule has 0 heterocycles. The van der Waals surface area contributed by atoms with E-state index in [0.717, 1.165) is 11.8 Å². The first kappa shape index (κ1) is 23.6. The van der Waals surface area contributed by atoms with Crippen molar-refractivity contribution in [2.45, 2.75) is 68.9 Å². The van der Waals surface area contributed by atoms with E-state index in [1.165, 1.54) is 0 Å². The molecule has 0 saturated heterocycles. The van der Waals surface area contributed by atoms with Gasteiger partial charge in [-0.1, -0.05) is 49.0 Å². The second kappa shape index (κ2) is 18.7. The summed E-state index contributed by atoms with van der Waals surface area (Å²) in [4.78, 5) is 0. The van der Waals surface area contributed by atoms with Crippen molar-refractivity contribution in [3.63, 3.8) is 0 Å². The van der Waals surface area contributed by atoms with Gasteiger partial charge in [-0.05, 0) is 25.7 Å². The summed E-state index contributed by atoms with van der Waals surface area (Å²) in [5, 5.41) is 0. The lowest BCUT2D eigenvalue weighted by Gasteiger charge is -1.94. The smallest absolute Gasteiger partial charge is 0.0515 e. The minimum atomic E-state index is 0. The van der Waals surface area contributed by atoms with Crippen LogP contribution >= 0.6 is 0 Å². The van der Waals surface area contributed by atoms with Crippen LogP contribution in [0.25, 0.3) is 0 Å². The van der Waals surface area contributed by atoms with Crippen LogP contribution < -0.4 is 0 Å². The van der Waals surface area contributed by atoms with E-state index in [0.29, 0.717) is 6.10 Å². The second-order valence-corrected chi connectivity index (χ2v) is 4.75. The second-order valence-electron chi connectivity index (χ2n) is 4.75. The molecule has 0 spiro atoms. The van der Waals surface area contributed by atoms with Crippen molar-refractivity contribution in [1.82, 2.24) is 0 Å². The summed E-state index contributed by atoms with van der Waals surface area (Å²) < 4.78 is 4.75. The Morgan fingerprint density at radius 3 is 0.714 bits per heavy atom. The number of hydrogen-bond acceptors (Lipinski definition) is 1. The monoisotopic (exact) mass is 206 g/mol. The van der Waals surface area contributed by atoms with Gasteiger partial charge < -0.3 is 4.74 Å². The molecule has 0 bridgehead atoms. The number of ether oxygens (including phenoxy) is 1. The molecule has 0 aromatic heterocycles. The molecule has 0 aliphatic rings. The van der Waals surface area contributed by atoms with Crippen LogP contribution in [0.4, 0.5) is 0 Å². The van der Waals surface area contributed by atoms with Crippen LogP contribution in [0.5, 0.6) is 0 Å². The predicted octanol–water partition coefficient (Wildman–Crippen LogP) is 5.00. The van der Waals surface area contributed by atoms with Gasteiger partial charge in [0.05, 0.1) is 6.10 Å². The van der Waals surface area contributed by atoms with E-state index in [1.54, 1.807) is 7.11 Å². The lowest BCUT2D eigenvalue weighted by Crippen LogP contribution is -1.94. The van der Waals surface area contributed by atoms with Gasteiger partial charge in [-0.25, -0.2) is 0 Å². The zero-order valence-corrected chi connectivity index (χ0v) is 11.1. The van der Waals surface area contributed by atoms with Gasteiger partial charge in [0.2, 0.25) is 0 Å². The van der Waals surface area contributed by atoms with Gasteiger partial charge in [0, 0.05) is 7.11 Å². The highest BCUT2D eigenvalue weighted by molar-refractivity contribution is 4.27. The molecule has 1 heteroatoms. The first-order valence-electron chi connectivity index (χ1n) is 5.26. The fourth-order valence-electron chi connectivity index (χ4n) is 0. The molecular formula is C13H34O. The van der Waals surface area contributed by atoms with Crippen LogP contribution in [0.3, 0.4) is 0 Å². The molecule has 0 saturated carbocycles. The van der Waals surface area contributed by atoms with Crippen molar-refractivity contribution in [3.8, 4) is 0 Å². The van der Waals surface area contributed by atoms with Gasteiger partial charge in [0.15, 0.2) is 0 Å². The zero-order chi connectivity index (χ0) is 11.4. The first-order chi connectivity index (χ1) is 5.73. The minimum Gasteiger partial charge on any atom is -0.382 e. The normalized spacial score (nSPS) is 8.57. The van der Waals surface area contributed by atoms with Gasteiger partial charge in [-0.3, -0.25) is 0 Å². The average Bonchev–Trinajstić information content (AvgIpc) is 1.84. The number of methoxy groups -OCH3 is 1. The molecule has 0 aliphatic heterocycles. The van der Waals surface area contributed by atoms with Crippen molar-refractivity contribution >= 4 is 0 Å². The van der Waals surface area contributed by atoms with E-state index in [1.807, 2.05) is 13.8 Å². The summed E-state index contributed by atoms with van der Waals surface area (Å²) in [5.41, 5.74) is 0. The minimum absolute atomic E-state index is 0. The topological polar surface area (TPSA) is 9.23 Å². The van der Waals surface area contributed by atoms with Gasteiger partial charge in [0.25, 0.3) is 0 Å². The maximum atomic E-state index is 4.75. The molecule has 14 heavy (non-hydrogen) atoms. The van der Waals surface area contributed by atoms with Crippen LogP contribution in [0.1, 0.15) is 62.8 Å². The maximum absolute atomic E-state index is 4.75. The van der Waals surface area contributed by atoms with Gasteiger partial charge in [0.1, 0.15) is 0 Å². The Hall–Kier alpha value is -0.0400. The Morgan fingerprint density at radius 2 is 0.714 bits per heavy atom. The lowest BCUT2D eigenvalue weighted by molar-refractivity contribution is 0.134. The molecule has 0 atom stereocenters. The molecule has 0 rings (SSSR count). The fourth-order valence-corrected chi connectivity index (χ4v) is 0. The van der Waals surface area contributed by atoms with E-state index in [9.17, 15) is 0 Å². The van der Waals surface area contributed by atoms with Crippen LogP contribution in [-0.4, -0.2) is 13.2 Å². The highest BCUT2D eigenvalue weighted by Gasteiger charge is 1.78. The molecule has 0 radical (unpaired) electrons. The van der Waals surface area contributed by atoms with Gasteiger partial charge in [-0.15, -0.1) is 0 Å². The average molecular weight is 206 g/mol. The highest BCUT2D eigenvalue weighted by atomic mass is 16.5.